The van der Waals surface area contributed by atoms with Crippen molar-refractivity contribution in [1.82, 2.24) is 15.5 Å². The molecule has 0 saturated carbocycles. The average Bonchev–Trinajstić information content (AvgIpc) is 2.34. The smallest absolute Gasteiger partial charge is 0.317 e. The summed E-state index contributed by atoms with van der Waals surface area (Å²) in [7, 11) is 0. The van der Waals surface area contributed by atoms with E-state index in [1.54, 1.807) is 4.90 Å². The summed E-state index contributed by atoms with van der Waals surface area (Å²) < 4.78 is 0. The van der Waals surface area contributed by atoms with E-state index in [0.717, 1.165) is 26.2 Å². The van der Waals surface area contributed by atoms with Crippen molar-refractivity contribution in [2.24, 2.45) is 5.92 Å². The van der Waals surface area contributed by atoms with Crippen LogP contribution in [0.4, 0.5) is 4.79 Å². The fourth-order valence-electron chi connectivity index (χ4n) is 1.71. The summed E-state index contributed by atoms with van der Waals surface area (Å²) in [6.07, 6.45) is 0.752. The summed E-state index contributed by atoms with van der Waals surface area (Å²) in [5.74, 6) is -0.594. The normalized spacial score (nSPS) is 17.6. The maximum absolute atomic E-state index is 11.7. The Labute approximate surface area is 101 Å². The van der Waals surface area contributed by atoms with Crippen LogP contribution in [0.2, 0.25) is 0 Å². The molecule has 0 aliphatic carbocycles. The van der Waals surface area contributed by atoms with E-state index in [0.29, 0.717) is 13.0 Å². The van der Waals surface area contributed by atoms with Crippen molar-refractivity contribution < 1.29 is 14.7 Å². The van der Waals surface area contributed by atoms with Gasteiger partial charge < -0.3 is 20.6 Å². The van der Waals surface area contributed by atoms with E-state index in [9.17, 15) is 9.59 Å². The van der Waals surface area contributed by atoms with Crippen molar-refractivity contribution in [1.29, 1.82) is 0 Å². The summed E-state index contributed by atoms with van der Waals surface area (Å²) in [6.45, 7) is 5.62. The molecule has 3 N–H and O–H groups in total. The molecule has 1 aliphatic heterocycles. The molecule has 0 radical (unpaired) electrons. The first-order chi connectivity index (χ1) is 8.09. The predicted molar refractivity (Wildman–Crippen MR) is 63.9 cm³/mol. The molecule has 2 amide bonds. The summed E-state index contributed by atoms with van der Waals surface area (Å²) in [5, 5.41) is 14.6. The van der Waals surface area contributed by atoms with Crippen LogP contribution in [0.1, 0.15) is 19.8 Å². The van der Waals surface area contributed by atoms with Gasteiger partial charge in [0, 0.05) is 39.1 Å². The van der Waals surface area contributed by atoms with Crippen LogP contribution in [0.5, 0.6) is 0 Å². The van der Waals surface area contributed by atoms with Gasteiger partial charge in [-0.1, -0.05) is 6.92 Å². The molecule has 0 aromatic carbocycles. The van der Waals surface area contributed by atoms with Crippen LogP contribution in [-0.2, 0) is 4.79 Å². The predicted octanol–water partition coefficient (Wildman–Crippen LogP) is 0.102. The van der Waals surface area contributed by atoms with E-state index in [4.69, 9.17) is 5.11 Å². The van der Waals surface area contributed by atoms with Gasteiger partial charge in [-0.05, 0) is 12.3 Å². The summed E-state index contributed by atoms with van der Waals surface area (Å²) in [6, 6.07) is -0.0475. The Balaban J connectivity index is 2.15. The quantitative estimate of drug-likeness (QED) is 0.640. The molecule has 0 bridgehead atoms. The number of rotatable bonds is 5. The summed E-state index contributed by atoms with van der Waals surface area (Å²) in [5.41, 5.74) is 0. The number of aliphatic carboxylic acids is 1. The summed E-state index contributed by atoms with van der Waals surface area (Å²) >= 11 is 0. The second-order valence-corrected chi connectivity index (χ2v) is 4.46. The topological polar surface area (TPSA) is 81.7 Å². The lowest BCUT2D eigenvalue weighted by Gasteiger charge is -2.28. The molecular formula is C11H21N3O3. The van der Waals surface area contributed by atoms with Crippen molar-refractivity contribution in [2.45, 2.75) is 19.8 Å². The first-order valence-electron chi connectivity index (χ1n) is 6.05. The molecule has 0 aromatic rings. The zero-order valence-corrected chi connectivity index (χ0v) is 10.2. The van der Waals surface area contributed by atoms with Crippen LogP contribution < -0.4 is 10.6 Å². The maximum atomic E-state index is 11.7. The number of hydrogen-bond donors (Lipinski definition) is 3. The van der Waals surface area contributed by atoms with Gasteiger partial charge in [0.05, 0.1) is 0 Å². The Hall–Kier alpha value is -1.30. The Bertz CT molecular complexity index is 265. The number of urea groups is 1. The SMILES string of the molecule is CC(CCC(=O)O)CNC(=O)N1CCNCC1. The molecule has 1 unspecified atom stereocenters. The first-order valence-corrected chi connectivity index (χ1v) is 6.05. The molecule has 1 saturated heterocycles. The number of piperazine rings is 1. The molecule has 1 rings (SSSR count). The lowest BCUT2D eigenvalue weighted by atomic mass is 10.1. The minimum Gasteiger partial charge on any atom is -0.481 e. The van der Waals surface area contributed by atoms with E-state index >= 15 is 0 Å². The van der Waals surface area contributed by atoms with Crippen molar-refractivity contribution in [2.75, 3.05) is 32.7 Å². The van der Waals surface area contributed by atoms with Gasteiger partial charge in [0.2, 0.25) is 0 Å². The lowest BCUT2D eigenvalue weighted by molar-refractivity contribution is -0.137. The van der Waals surface area contributed by atoms with E-state index in [1.165, 1.54) is 0 Å². The van der Waals surface area contributed by atoms with Gasteiger partial charge in [0.25, 0.3) is 0 Å². The fourth-order valence-corrected chi connectivity index (χ4v) is 1.71. The maximum Gasteiger partial charge on any atom is 0.317 e. The number of carbonyl (C=O) groups is 2. The molecule has 1 atom stereocenters. The zero-order valence-electron chi connectivity index (χ0n) is 10.2. The van der Waals surface area contributed by atoms with E-state index in [1.807, 2.05) is 6.92 Å². The number of hydrogen-bond acceptors (Lipinski definition) is 3. The van der Waals surface area contributed by atoms with Crippen LogP contribution in [0.3, 0.4) is 0 Å². The van der Waals surface area contributed by atoms with Gasteiger partial charge >= 0.3 is 12.0 Å². The van der Waals surface area contributed by atoms with Gasteiger partial charge in [-0.15, -0.1) is 0 Å². The van der Waals surface area contributed by atoms with Gasteiger partial charge in [-0.3, -0.25) is 4.79 Å². The number of carbonyl (C=O) groups excluding carboxylic acids is 1. The first kappa shape index (κ1) is 13.8. The molecule has 6 heteroatoms. The fraction of sp³-hybridized carbons (Fsp3) is 0.818. The van der Waals surface area contributed by atoms with Crippen LogP contribution >= 0.6 is 0 Å². The molecule has 1 aliphatic rings. The molecule has 98 valence electrons. The lowest BCUT2D eigenvalue weighted by Crippen LogP contribution is -2.50. The molecule has 1 fully saturated rings. The van der Waals surface area contributed by atoms with E-state index in [-0.39, 0.29) is 18.4 Å². The number of carboxylic acid groups (broad SMARTS) is 1. The van der Waals surface area contributed by atoms with Gasteiger partial charge in [-0.2, -0.15) is 0 Å². The number of amides is 2. The van der Waals surface area contributed by atoms with Crippen LogP contribution in [0.15, 0.2) is 0 Å². The Kier molecular flexibility index (Phi) is 5.76. The minimum atomic E-state index is -0.787. The van der Waals surface area contributed by atoms with Crippen molar-refractivity contribution >= 4 is 12.0 Å². The highest BCUT2D eigenvalue weighted by Gasteiger charge is 2.16. The van der Waals surface area contributed by atoms with Gasteiger partial charge in [0.15, 0.2) is 0 Å². The second kappa shape index (κ2) is 7.11. The molecule has 0 spiro atoms. The minimum absolute atomic E-state index is 0.0475. The molecule has 17 heavy (non-hydrogen) atoms. The largest absolute Gasteiger partial charge is 0.481 e. The van der Waals surface area contributed by atoms with Gasteiger partial charge in [-0.25, -0.2) is 4.79 Å². The monoisotopic (exact) mass is 243 g/mol. The summed E-state index contributed by atoms with van der Waals surface area (Å²) in [4.78, 5) is 23.9. The third kappa shape index (κ3) is 5.53. The third-order valence-corrected chi connectivity index (χ3v) is 2.86. The molecule has 6 nitrogen and oxygen atoms in total. The number of carboxylic acids is 1. The van der Waals surface area contributed by atoms with Crippen molar-refractivity contribution in [3.05, 3.63) is 0 Å². The second-order valence-electron chi connectivity index (χ2n) is 4.46. The zero-order chi connectivity index (χ0) is 12.7. The highest BCUT2D eigenvalue weighted by Crippen LogP contribution is 2.04. The van der Waals surface area contributed by atoms with E-state index in [2.05, 4.69) is 10.6 Å². The van der Waals surface area contributed by atoms with Crippen LogP contribution in [-0.4, -0.2) is 54.7 Å². The molecule has 0 aromatic heterocycles. The van der Waals surface area contributed by atoms with Crippen LogP contribution in [0.25, 0.3) is 0 Å². The highest BCUT2D eigenvalue weighted by molar-refractivity contribution is 5.74. The number of nitrogens with zero attached hydrogens (tertiary/aromatic N) is 1. The average molecular weight is 243 g/mol. The standard InChI is InChI=1S/C11H21N3O3/c1-9(2-3-10(15)16)8-13-11(17)14-6-4-12-5-7-14/h9,12H,2-8H2,1H3,(H,13,17)(H,15,16). The Morgan fingerprint density at radius 1 is 1.41 bits per heavy atom. The Morgan fingerprint density at radius 3 is 2.65 bits per heavy atom. The molecule has 1 heterocycles. The molecular weight excluding hydrogens is 222 g/mol. The van der Waals surface area contributed by atoms with Crippen LogP contribution in [0, 0.1) is 5.92 Å². The number of nitrogens with one attached hydrogen (secondary N) is 2. The highest BCUT2D eigenvalue weighted by atomic mass is 16.4. The Morgan fingerprint density at radius 2 is 2.06 bits per heavy atom. The van der Waals surface area contributed by atoms with Crippen molar-refractivity contribution in [3.63, 3.8) is 0 Å². The van der Waals surface area contributed by atoms with E-state index < -0.39 is 5.97 Å². The third-order valence-electron chi connectivity index (χ3n) is 2.86. The van der Waals surface area contributed by atoms with Crippen molar-refractivity contribution in [3.8, 4) is 0 Å². The van der Waals surface area contributed by atoms with Gasteiger partial charge in [0.1, 0.15) is 0 Å².